The number of hydrogen-bond acceptors (Lipinski definition) is 2. The molecular weight excluding hydrogens is 685 g/mol. The third-order valence-corrected chi connectivity index (χ3v) is 7.68. The van der Waals surface area contributed by atoms with E-state index in [1.54, 1.807) is 6.07 Å². The van der Waals surface area contributed by atoms with Gasteiger partial charge in [0.2, 0.25) is 0 Å². The van der Waals surface area contributed by atoms with Crippen molar-refractivity contribution >= 4 is 0 Å². The van der Waals surface area contributed by atoms with Crippen LogP contribution in [0.25, 0.3) is 33.4 Å². The number of unbranched alkanes of at least 4 members (excludes halogenated alkanes) is 2. The Labute approximate surface area is 278 Å². The molecule has 0 amide bonds. The van der Waals surface area contributed by atoms with Crippen molar-refractivity contribution in [3.8, 4) is 44.9 Å². The van der Waals surface area contributed by atoms with Crippen molar-refractivity contribution in [3.05, 3.63) is 131 Å². The van der Waals surface area contributed by atoms with Gasteiger partial charge in [0, 0.05) is 11.6 Å². The van der Waals surface area contributed by atoms with E-state index in [4.69, 9.17) is 0 Å². The molecule has 0 heterocycles. The summed E-state index contributed by atoms with van der Waals surface area (Å²) in [5.41, 5.74) is -1.98. The van der Waals surface area contributed by atoms with E-state index in [9.17, 15) is 35.1 Å². The Morgan fingerprint density at radius 2 is 1.10 bits per heavy atom. The summed E-state index contributed by atoms with van der Waals surface area (Å²) in [7, 11) is 0. The normalized spacial score (nSPS) is 11.9. The highest BCUT2D eigenvalue weighted by Gasteiger charge is 2.42. The molecule has 262 valence electrons. The van der Waals surface area contributed by atoms with E-state index >= 15 is 13.2 Å². The molecule has 50 heavy (non-hydrogen) atoms. The fourth-order valence-corrected chi connectivity index (χ4v) is 5.32. The van der Waals surface area contributed by atoms with Crippen LogP contribution in [-0.4, -0.2) is 6.36 Å². The molecule has 5 rings (SSSR count). The molecule has 5 aromatic rings. The molecule has 13 heteroatoms. The predicted octanol–water partition coefficient (Wildman–Crippen LogP) is 12.3. The van der Waals surface area contributed by atoms with Gasteiger partial charge in [-0.2, -0.15) is 8.78 Å². The second kappa shape index (κ2) is 14.4. The Hall–Kier alpha value is -5.07. The summed E-state index contributed by atoms with van der Waals surface area (Å²) >= 11 is 0. The van der Waals surface area contributed by atoms with Gasteiger partial charge in [0.05, 0.1) is 5.56 Å². The van der Waals surface area contributed by atoms with Crippen LogP contribution in [0.3, 0.4) is 0 Å². The molecule has 0 fully saturated rings. The van der Waals surface area contributed by atoms with Crippen molar-refractivity contribution in [1.82, 2.24) is 0 Å². The molecule has 0 unspecified atom stereocenters. The molecule has 5 aromatic carbocycles. The molecule has 0 bridgehead atoms. The summed E-state index contributed by atoms with van der Waals surface area (Å²) < 4.78 is 164. The van der Waals surface area contributed by atoms with Gasteiger partial charge in [0.1, 0.15) is 40.4 Å². The third-order valence-electron chi connectivity index (χ3n) is 7.68. The van der Waals surface area contributed by atoms with Crippen LogP contribution in [0.2, 0.25) is 0 Å². The first-order valence-electron chi connectivity index (χ1n) is 15.1. The van der Waals surface area contributed by atoms with E-state index in [0.29, 0.717) is 35.4 Å². The minimum atomic E-state index is -5.30. The highest BCUT2D eigenvalue weighted by molar-refractivity contribution is 5.75. The third kappa shape index (κ3) is 8.20. The molecule has 0 aliphatic rings. The average molecular weight is 711 g/mol. The molecule has 0 atom stereocenters. The maximum Gasteiger partial charge on any atom is 0.573 e. The van der Waals surface area contributed by atoms with Crippen molar-refractivity contribution in [3.63, 3.8) is 0 Å². The minimum Gasteiger partial charge on any atom is -0.429 e. The van der Waals surface area contributed by atoms with Crippen LogP contribution < -0.4 is 9.47 Å². The van der Waals surface area contributed by atoms with Crippen molar-refractivity contribution < 1.29 is 57.8 Å². The van der Waals surface area contributed by atoms with Crippen LogP contribution in [-0.2, 0) is 12.5 Å². The van der Waals surface area contributed by atoms with E-state index in [1.807, 2.05) is 24.3 Å². The van der Waals surface area contributed by atoms with Crippen molar-refractivity contribution in [2.75, 3.05) is 0 Å². The molecular formula is C37H25F11O2. The highest BCUT2D eigenvalue weighted by atomic mass is 19.4. The number of rotatable bonds is 11. The number of ether oxygens (including phenoxy) is 2. The second-order valence-electron chi connectivity index (χ2n) is 11.2. The van der Waals surface area contributed by atoms with Gasteiger partial charge in [-0.25, -0.2) is 26.3 Å². The average Bonchev–Trinajstić information content (AvgIpc) is 3.01. The van der Waals surface area contributed by atoms with Gasteiger partial charge in [-0.3, -0.25) is 0 Å². The minimum absolute atomic E-state index is 0.0639. The van der Waals surface area contributed by atoms with Gasteiger partial charge >= 0.3 is 12.5 Å². The summed E-state index contributed by atoms with van der Waals surface area (Å²) in [5, 5.41) is 0. The molecule has 0 saturated heterocycles. The van der Waals surface area contributed by atoms with Gasteiger partial charge in [0.25, 0.3) is 0 Å². The maximum absolute atomic E-state index is 15.3. The number of halogens is 11. The van der Waals surface area contributed by atoms with E-state index in [-0.39, 0.29) is 29.3 Å². The van der Waals surface area contributed by atoms with E-state index in [1.165, 1.54) is 12.1 Å². The summed E-state index contributed by atoms with van der Waals surface area (Å²) in [6.07, 6.45) is -6.04. The highest BCUT2D eigenvalue weighted by Crippen LogP contribution is 2.40. The van der Waals surface area contributed by atoms with Crippen LogP contribution in [0.1, 0.15) is 37.3 Å². The van der Waals surface area contributed by atoms with Crippen molar-refractivity contribution in [2.45, 2.75) is 45.1 Å². The maximum atomic E-state index is 15.3. The first-order valence-corrected chi connectivity index (χ1v) is 15.1. The van der Waals surface area contributed by atoms with Crippen LogP contribution >= 0.6 is 0 Å². The Bertz CT molecular complexity index is 1960. The first-order chi connectivity index (χ1) is 23.6. The van der Waals surface area contributed by atoms with Gasteiger partial charge in [-0.05, 0) is 83.1 Å². The number of hydrogen-bond donors (Lipinski definition) is 0. The molecule has 0 spiro atoms. The van der Waals surface area contributed by atoms with E-state index in [2.05, 4.69) is 16.4 Å². The standard InChI is InChI=1S/C37H25F11O2/c1-2-3-4-5-20-6-8-21(9-7-20)22-10-12-26(27(38)14-22)23-15-29(40)34(30(41)16-23)24-17-31(42)35(32(43)18-24)36(44,45)49-25-11-13-33(28(39)19-25)50-37(46,47)48/h6-19H,2-5H2,1H3. The number of alkyl halides is 5. The molecule has 0 aliphatic carbocycles. The summed E-state index contributed by atoms with van der Waals surface area (Å²) in [5.74, 6) is -12.0. The fraction of sp³-hybridized carbons (Fsp3) is 0.189. The zero-order valence-corrected chi connectivity index (χ0v) is 25.9. The van der Waals surface area contributed by atoms with Crippen molar-refractivity contribution in [1.29, 1.82) is 0 Å². The lowest BCUT2D eigenvalue weighted by Gasteiger charge is -2.20. The molecule has 0 aliphatic heterocycles. The number of aryl methyl sites for hydroxylation is 1. The van der Waals surface area contributed by atoms with Crippen molar-refractivity contribution in [2.24, 2.45) is 0 Å². The van der Waals surface area contributed by atoms with Gasteiger partial charge in [-0.1, -0.05) is 56.2 Å². The zero-order chi connectivity index (χ0) is 36.4. The van der Waals surface area contributed by atoms with E-state index in [0.717, 1.165) is 31.2 Å². The zero-order valence-electron chi connectivity index (χ0n) is 25.9. The predicted molar refractivity (Wildman–Crippen MR) is 163 cm³/mol. The fourth-order valence-electron chi connectivity index (χ4n) is 5.32. The molecule has 0 radical (unpaired) electrons. The lowest BCUT2D eigenvalue weighted by atomic mass is 9.95. The quantitative estimate of drug-likeness (QED) is 0.100. The van der Waals surface area contributed by atoms with E-state index < -0.39 is 75.6 Å². The Morgan fingerprint density at radius 1 is 0.520 bits per heavy atom. The Balaban J connectivity index is 1.38. The Kier molecular flexibility index (Phi) is 10.4. The van der Waals surface area contributed by atoms with Gasteiger partial charge < -0.3 is 9.47 Å². The summed E-state index contributed by atoms with van der Waals surface area (Å²) in [6.45, 7) is 2.11. The van der Waals surface area contributed by atoms with Gasteiger partial charge in [-0.15, -0.1) is 13.2 Å². The molecule has 2 nitrogen and oxygen atoms in total. The largest absolute Gasteiger partial charge is 0.573 e. The molecule has 0 saturated carbocycles. The Morgan fingerprint density at radius 3 is 1.66 bits per heavy atom. The van der Waals surface area contributed by atoms with Crippen LogP contribution in [0.4, 0.5) is 48.3 Å². The first kappa shape index (κ1) is 36.2. The van der Waals surface area contributed by atoms with Gasteiger partial charge in [0.15, 0.2) is 11.6 Å². The monoisotopic (exact) mass is 710 g/mol. The van der Waals surface area contributed by atoms with Crippen LogP contribution in [0, 0.1) is 34.9 Å². The van der Waals surface area contributed by atoms with Crippen LogP contribution in [0.15, 0.2) is 84.9 Å². The topological polar surface area (TPSA) is 18.5 Å². The molecule has 0 N–H and O–H groups in total. The lowest BCUT2D eigenvalue weighted by Crippen LogP contribution is -2.25. The summed E-state index contributed by atoms with van der Waals surface area (Å²) in [6, 6.07) is 14.2. The SMILES string of the molecule is CCCCCc1ccc(-c2ccc(-c3cc(F)c(-c4cc(F)c(C(F)(F)Oc5ccc(OC(F)(F)F)c(F)c5)c(F)c4)c(F)c3)c(F)c2)cc1. The van der Waals surface area contributed by atoms with Crippen LogP contribution in [0.5, 0.6) is 11.5 Å². The second-order valence-corrected chi connectivity index (χ2v) is 11.2. The molecule has 0 aromatic heterocycles. The lowest BCUT2D eigenvalue weighted by molar-refractivity contribution is -0.275. The smallest absolute Gasteiger partial charge is 0.429 e. The number of benzene rings is 5. The summed E-state index contributed by atoms with van der Waals surface area (Å²) in [4.78, 5) is 0.